The van der Waals surface area contributed by atoms with Crippen LogP contribution in [0.25, 0.3) is 11.4 Å². The summed E-state index contributed by atoms with van der Waals surface area (Å²) in [5.74, 6) is 2.07. The highest BCUT2D eigenvalue weighted by Crippen LogP contribution is 2.25. The summed E-state index contributed by atoms with van der Waals surface area (Å²) in [6.45, 7) is 1.94. The average molecular weight is 235 g/mol. The quantitative estimate of drug-likeness (QED) is 0.833. The van der Waals surface area contributed by atoms with E-state index >= 15 is 0 Å². The van der Waals surface area contributed by atoms with Crippen molar-refractivity contribution in [2.45, 2.75) is 5.92 Å². The van der Waals surface area contributed by atoms with E-state index in [1.54, 1.807) is 0 Å². The standard InChI is InChI=1S/C11H11ClN4/c12-9-4-2-1-3-8(9)11-14-10(15-16-11)7-5-13-6-7/h1-4,7,13H,5-6H2,(H,14,15,16). The molecule has 1 aromatic heterocycles. The number of nitrogens with one attached hydrogen (secondary N) is 2. The van der Waals surface area contributed by atoms with Crippen molar-refractivity contribution in [3.8, 4) is 11.4 Å². The molecular weight excluding hydrogens is 224 g/mol. The lowest BCUT2D eigenvalue weighted by atomic mass is 10.0. The maximum atomic E-state index is 6.09. The molecule has 0 atom stereocenters. The molecule has 1 aliphatic heterocycles. The van der Waals surface area contributed by atoms with Gasteiger partial charge in [0.25, 0.3) is 0 Å². The molecule has 1 saturated heterocycles. The highest BCUT2D eigenvalue weighted by molar-refractivity contribution is 6.33. The summed E-state index contributed by atoms with van der Waals surface area (Å²) in [6.07, 6.45) is 0. The van der Waals surface area contributed by atoms with Crippen molar-refractivity contribution in [2.24, 2.45) is 0 Å². The third-order valence-electron chi connectivity index (χ3n) is 2.79. The SMILES string of the molecule is Clc1ccccc1-c1n[nH]c(C2CNC2)n1. The van der Waals surface area contributed by atoms with Gasteiger partial charge in [-0.25, -0.2) is 4.98 Å². The van der Waals surface area contributed by atoms with Gasteiger partial charge in [-0.3, -0.25) is 5.10 Å². The fraction of sp³-hybridized carbons (Fsp3) is 0.273. The average Bonchev–Trinajstić information content (AvgIpc) is 2.65. The van der Waals surface area contributed by atoms with Crippen LogP contribution in [0.2, 0.25) is 5.02 Å². The second kappa shape index (κ2) is 3.88. The number of nitrogens with zero attached hydrogens (tertiary/aromatic N) is 2. The van der Waals surface area contributed by atoms with Crippen molar-refractivity contribution in [1.29, 1.82) is 0 Å². The maximum absolute atomic E-state index is 6.09. The van der Waals surface area contributed by atoms with Crippen LogP contribution in [0.1, 0.15) is 11.7 Å². The van der Waals surface area contributed by atoms with E-state index in [9.17, 15) is 0 Å². The molecule has 16 heavy (non-hydrogen) atoms. The number of rotatable bonds is 2. The molecule has 0 spiro atoms. The van der Waals surface area contributed by atoms with Crippen LogP contribution in [0.15, 0.2) is 24.3 Å². The van der Waals surface area contributed by atoms with Gasteiger partial charge in [0.1, 0.15) is 5.82 Å². The Bertz CT molecular complexity index is 504. The van der Waals surface area contributed by atoms with Gasteiger partial charge < -0.3 is 5.32 Å². The maximum Gasteiger partial charge on any atom is 0.182 e. The fourth-order valence-electron chi connectivity index (χ4n) is 1.70. The highest BCUT2D eigenvalue weighted by atomic mass is 35.5. The zero-order valence-electron chi connectivity index (χ0n) is 8.57. The Balaban J connectivity index is 1.95. The summed E-state index contributed by atoms with van der Waals surface area (Å²) in [7, 11) is 0. The molecule has 0 saturated carbocycles. The number of H-pyrrole nitrogens is 1. The molecule has 4 nitrogen and oxygen atoms in total. The second-order valence-electron chi connectivity index (χ2n) is 3.88. The smallest absolute Gasteiger partial charge is 0.182 e. The summed E-state index contributed by atoms with van der Waals surface area (Å²) in [5.41, 5.74) is 0.874. The van der Waals surface area contributed by atoms with Crippen molar-refractivity contribution in [3.05, 3.63) is 35.1 Å². The van der Waals surface area contributed by atoms with Crippen LogP contribution in [0.3, 0.4) is 0 Å². The lowest BCUT2D eigenvalue weighted by Gasteiger charge is -2.24. The topological polar surface area (TPSA) is 53.6 Å². The largest absolute Gasteiger partial charge is 0.315 e. The number of hydrogen-bond acceptors (Lipinski definition) is 3. The monoisotopic (exact) mass is 234 g/mol. The molecule has 5 heteroatoms. The molecule has 0 unspecified atom stereocenters. The van der Waals surface area contributed by atoms with E-state index in [-0.39, 0.29) is 0 Å². The van der Waals surface area contributed by atoms with E-state index < -0.39 is 0 Å². The zero-order valence-corrected chi connectivity index (χ0v) is 9.33. The Kier molecular flexibility index (Phi) is 2.38. The Morgan fingerprint density at radius 1 is 1.25 bits per heavy atom. The van der Waals surface area contributed by atoms with Crippen LogP contribution in [-0.4, -0.2) is 28.3 Å². The first-order chi connectivity index (χ1) is 7.84. The molecule has 82 valence electrons. The lowest BCUT2D eigenvalue weighted by Crippen LogP contribution is -2.40. The minimum absolute atomic E-state index is 0.462. The first-order valence-electron chi connectivity index (χ1n) is 5.22. The first kappa shape index (κ1) is 9.81. The Morgan fingerprint density at radius 3 is 2.75 bits per heavy atom. The zero-order chi connectivity index (χ0) is 11.0. The Hall–Kier alpha value is -1.39. The molecule has 0 radical (unpaired) electrons. The molecule has 0 amide bonds. The molecule has 0 bridgehead atoms. The summed E-state index contributed by atoms with van der Waals surface area (Å²) >= 11 is 6.09. The molecule has 1 aliphatic rings. The van der Waals surface area contributed by atoms with Crippen LogP contribution in [0, 0.1) is 0 Å². The number of benzene rings is 1. The van der Waals surface area contributed by atoms with Crippen LogP contribution < -0.4 is 5.32 Å². The molecule has 2 N–H and O–H groups in total. The van der Waals surface area contributed by atoms with E-state index in [4.69, 9.17) is 11.6 Å². The van der Waals surface area contributed by atoms with E-state index in [0.29, 0.717) is 16.8 Å². The molecule has 1 aromatic carbocycles. The molecule has 2 aromatic rings. The Morgan fingerprint density at radius 2 is 2.06 bits per heavy atom. The predicted octanol–water partition coefficient (Wildman–Crippen LogP) is 1.81. The van der Waals surface area contributed by atoms with Gasteiger partial charge in [0.05, 0.1) is 5.02 Å². The predicted molar refractivity (Wildman–Crippen MR) is 62.4 cm³/mol. The van der Waals surface area contributed by atoms with Crippen LogP contribution >= 0.6 is 11.6 Å². The van der Waals surface area contributed by atoms with Crippen molar-refractivity contribution in [1.82, 2.24) is 20.5 Å². The van der Waals surface area contributed by atoms with Gasteiger partial charge in [0.15, 0.2) is 5.82 Å². The number of halogens is 1. The van der Waals surface area contributed by atoms with E-state index in [1.165, 1.54) is 0 Å². The highest BCUT2D eigenvalue weighted by Gasteiger charge is 2.23. The minimum Gasteiger partial charge on any atom is -0.315 e. The molecule has 0 aliphatic carbocycles. The molecule has 1 fully saturated rings. The normalized spacial score (nSPS) is 16.1. The third-order valence-corrected chi connectivity index (χ3v) is 3.12. The van der Waals surface area contributed by atoms with Crippen LogP contribution in [0.5, 0.6) is 0 Å². The molecule has 3 rings (SSSR count). The summed E-state index contributed by atoms with van der Waals surface area (Å²) in [4.78, 5) is 4.47. The summed E-state index contributed by atoms with van der Waals surface area (Å²) < 4.78 is 0. The van der Waals surface area contributed by atoms with E-state index in [2.05, 4.69) is 20.5 Å². The van der Waals surface area contributed by atoms with E-state index in [1.807, 2.05) is 24.3 Å². The number of aromatic nitrogens is 3. The summed E-state index contributed by atoms with van der Waals surface area (Å²) in [5, 5.41) is 11.1. The minimum atomic E-state index is 0.462. The van der Waals surface area contributed by atoms with Gasteiger partial charge in [-0.15, -0.1) is 0 Å². The van der Waals surface area contributed by atoms with Crippen molar-refractivity contribution >= 4 is 11.6 Å². The van der Waals surface area contributed by atoms with Crippen LogP contribution in [-0.2, 0) is 0 Å². The van der Waals surface area contributed by atoms with Crippen molar-refractivity contribution in [3.63, 3.8) is 0 Å². The number of aromatic amines is 1. The summed E-state index contributed by atoms with van der Waals surface area (Å²) in [6, 6.07) is 7.60. The van der Waals surface area contributed by atoms with Crippen molar-refractivity contribution < 1.29 is 0 Å². The van der Waals surface area contributed by atoms with Gasteiger partial charge >= 0.3 is 0 Å². The third kappa shape index (κ3) is 1.60. The van der Waals surface area contributed by atoms with Crippen molar-refractivity contribution in [2.75, 3.05) is 13.1 Å². The molecule has 2 heterocycles. The first-order valence-corrected chi connectivity index (χ1v) is 5.60. The van der Waals surface area contributed by atoms with Gasteiger partial charge in [-0.2, -0.15) is 5.10 Å². The van der Waals surface area contributed by atoms with Gasteiger partial charge in [-0.1, -0.05) is 23.7 Å². The van der Waals surface area contributed by atoms with Gasteiger partial charge in [0.2, 0.25) is 0 Å². The Labute approximate surface area is 98.0 Å². The second-order valence-corrected chi connectivity index (χ2v) is 4.29. The van der Waals surface area contributed by atoms with Gasteiger partial charge in [-0.05, 0) is 12.1 Å². The number of hydrogen-bond donors (Lipinski definition) is 2. The van der Waals surface area contributed by atoms with Crippen LogP contribution in [0.4, 0.5) is 0 Å². The van der Waals surface area contributed by atoms with E-state index in [0.717, 1.165) is 24.5 Å². The molecular formula is C11H11ClN4. The fourth-order valence-corrected chi connectivity index (χ4v) is 1.92. The van der Waals surface area contributed by atoms with Gasteiger partial charge in [0, 0.05) is 24.6 Å². The lowest BCUT2D eigenvalue weighted by molar-refractivity contribution is 0.431.